The van der Waals surface area contributed by atoms with Crippen LogP contribution in [0.2, 0.25) is 10.0 Å². The molecular weight excluding hydrogens is 315 g/mol. The van der Waals surface area contributed by atoms with Crippen molar-refractivity contribution in [1.82, 2.24) is 0 Å². The molecule has 114 valence electrons. The zero-order chi connectivity index (χ0) is 15.6. The number of aromatic carboxylic acids is 1. The van der Waals surface area contributed by atoms with Crippen LogP contribution < -0.4 is 11.1 Å². The van der Waals surface area contributed by atoms with E-state index < -0.39 is 5.97 Å². The lowest BCUT2D eigenvalue weighted by Gasteiger charge is -2.27. The highest BCUT2D eigenvalue weighted by molar-refractivity contribution is 6.40. The molecule has 1 aliphatic rings. The van der Waals surface area contributed by atoms with Crippen molar-refractivity contribution in [2.45, 2.75) is 31.7 Å². The number of anilines is 1. The SMILES string of the molecule is NC1CCCCC1C(=O)Nc1c(Cl)cc(C(=O)O)cc1Cl. The van der Waals surface area contributed by atoms with Gasteiger partial charge in [-0.2, -0.15) is 0 Å². The fraction of sp³-hybridized carbons (Fsp3) is 0.429. The summed E-state index contributed by atoms with van der Waals surface area (Å²) >= 11 is 12.0. The lowest BCUT2D eigenvalue weighted by molar-refractivity contribution is -0.121. The topological polar surface area (TPSA) is 92.4 Å². The van der Waals surface area contributed by atoms with E-state index in [9.17, 15) is 9.59 Å². The van der Waals surface area contributed by atoms with Crippen LogP contribution in [0.3, 0.4) is 0 Å². The predicted octanol–water partition coefficient (Wildman–Crippen LogP) is 3.15. The standard InChI is InChI=1S/C14H16Cl2N2O3/c15-9-5-7(14(20)21)6-10(16)12(9)18-13(19)8-3-1-2-4-11(8)17/h5-6,8,11H,1-4,17H2,(H,18,19)(H,20,21). The molecule has 0 radical (unpaired) electrons. The van der Waals surface area contributed by atoms with Gasteiger partial charge < -0.3 is 16.2 Å². The second-order valence-electron chi connectivity index (χ2n) is 5.16. The van der Waals surface area contributed by atoms with Crippen LogP contribution in [0.4, 0.5) is 5.69 Å². The van der Waals surface area contributed by atoms with E-state index >= 15 is 0 Å². The van der Waals surface area contributed by atoms with Gasteiger partial charge in [0.2, 0.25) is 5.91 Å². The van der Waals surface area contributed by atoms with Gasteiger partial charge in [-0.3, -0.25) is 4.79 Å². The molecule has 0 spiro atoms. The van der Waals surface area contributed by atoms with Crippen molar-refractivity contribution >= 4 is 40.8 Å². The lowest BCUT2D eigenvalue weighted by atomic mass is 9.84. The first-order chi connectivity index (χ1) is 9.90. The maximum atomic E-state index is 12.3. The van der Waals surface area contributed by atoms with Crippen LogP contribution in [-0.2, 0) is 4.79 Å². The van der Waals surface area contributed by atoms with Crippen molar-refractivity contribution in [2.24, 2.45) is 11.7 Å². The smallest absolute Gasteiger partial charge is 0.335 e. The van der Waals surface area contributed by atoms with Crippen molar-refractivity contribution in [2.75, 3.05) is 5.32 Å². The number of carboxylic acid groups (broad SMARTS) is 1. The van der Waals surface area contributed by atoms with Gasteiger partial charge in [0.1, 0.15) is 0 Å². The van der Waals surface area contributed by atoms with Crippen LogP contribution in [0.15, 0.2) is 12.1 Å². The fourth-order valence-corrected chi connectivity index (χ4v) is 3.10. The Morgan fingerprint density at radius 3 is 2.29 bits per heavy atom. The van der Waals surface area contributed by atoms with E-state index in [1.807, 2.05) is 0 Å². The Morgan fingerprint density at radius 1 is 1.19 bits per heavy atom. The zero-order valence-corrected chi connectivity index (χ0v) is 12.7. The molecule has 0 heterocycles. The van der Waals surface area contributed by atoms with Gasteiger partial charge in [0.15, 0.2) is 0 Å². The van der Waals surface area contributed by atoms with Crippen molar-refractivity contribution in [3.63, 3.8) is 0 Å². The van der Waals surface area contributed by atoms with Gasteiger partial charge in [-0.05, 0) is 25.0 Å². The molecule has 1 aliphatic carbocycles. The molecule has 0 bridgehead atoms. The lowest BCUT2D eigenvalue weighted by Crippen LogP contribution is -2.40. The molecule has 7 heteroatoms. The number of hydrogen-bond acceptors (Lipinski definition) is 3. The minimum atomic E-state index is -1.13. The summed E-state index contributed by atoms with van der Waals surface area (Å²) in [6, 6.07) is 2.34. The molecule has 5 nitrogen and oxygen atoms in total. The minimum absolute atomic E-state index is 0.0302. The summed E-state index contributed by atoms with van der Waals surface area (Å²) < 4.78 is 0. The average Bonchev–Trinajstić information content (AvgIpc) is 2.42. The van der Waals surface area contributed by atoms with E-state index in [0.29, 0.717) is 0 Å². The summed E-state index contributed by atoms with van der Waals surface area (Å²) in [5.41, 5.74) is 6.17. The molecule has 1 aromatic carbocycles. The third-order valence-electron chi connectivity index (χ3n) is 3.69. The summed E-state index contributed by atoms with van der Waals surface area (Å²) in [6.07, 6.45) is 3.54. The first kappa shape index (κ1) is 16.1. The summed E-state index contributed by atoms with van der Waals surface area (Å²) in [7, 11) is 0. The Kier molecular flexibility index (Phi) is 5.08. The van der Waals surface area contributed by atoms with E-state index in [1.165, 1.54) is 12.1 Å². The Hall–Kier alpha value is -1.30. The molecule has 2 rings (SSSR count). The molecule has 1 amide bonds. The molecule has 2 atom stereocenters. The molecule has 0 saturated heterocycles. The maximum Gasteiger partial charge on any atom is 0.335 e. The fourth-order valence-electron chi connectivity index (χ4n) is 2.52. The molecule has 0 aromatic heterocycles. The molecular formula is C14H16Cl2N2O3. The van der Waals surface area contributed by atoms with Gasteiger partial charge in [0, 0.05) is 6.04 Å². The number of benzene rings is 1. The van der Waals surface area contributed by atoms with Crippen LogP contribution in [0.5, 0.6) is 0 Å². The largest absolute Gasteiger partial charge is 0.478 e. The minimum Gasteiger partial charge on any atom is -0.478 e. The quantitative estimate of drug-likeness (QED) is 0.793. The van der Waals surface area contributed by atoms with Crippen LogP contribution in [0.25, 0.3) is 0 Å². The molecule has 0 aliphatic heterocycles. The Bertz CT molecular complexity index is 554. The van der Waals surface area contributed by atoms with E-state index in [1.54, 1.807) is 0 Å². The zero-order valence-electron chi connectivity index (χ0n) is 11.2. The van der Waals surface area contributed by atoms with Crippen molar-refractivity contribution in [3.05, 3.63) is 27.7 Å². The summed E-state index contributed by atoms with van der Waals surface area (Å²) in [4.78, 5) is 23.2. The van der Waals surface area contributed by atoms with Crippen LogP contribution in [0.1, 0.15) is 36.0 Å². The van der Waals surface area contributed by atoms with Crippen molar-refractivity contribution < 1.29 is 14.7 Å². The number of carbonyl (C=O) groups excluding carboxylic acids is 1. The number of carboxylic acids is 1. The number of halogens is 2. The van der Waals surface area contributed by atoms with E-state index in [0.717, 1.165) is 25.7 Å². The van der Waals surface area contributed by atoms with E-state index in [4.69, 9.17) is 34.0 Å². The van der Waals surface area contributed by atoms with Crippen LogP contribution >= 0.6 is 23.2 Å². The monoisotopic (exact) mass is 330 g/mol. The van der Waals surface area contributed by atoms with Crippen LogP contribution in [0, 0.1) is 5.92 Å². The number of amides is 1. The predicted molar refractivity (Wildman–Crippen MR) is 82.0 cm³/mol. The molecule has 1 aromatic rings. The number of carbonyl (C=O) groups is 2. The molecule has 2 unspecified atom stereocenters. The third kappa shape index (κ3) is 3.67. The second-order valence-corrected chi connectivity index (χ2v) is 5.98. The Labute approximate surface area is 132 Å². The average molecular weight is 331 g/mol. The van der Waals surface area contributed by atoms with Crippen LogP contribution in [-0.4, -0.2) is 23.0 Å². The highest BCUT2D eigenvalue weighted by atomic mass is 35.5. The van der Waals surface area contributed by atoms with E-state index in [-0.39, 0.29) is 39.2 Å². The molecule has 1 saturated carbocycles. The van der Waals surface area contributed by atoms with Gasteiger partial charge in [-0.15, -0.1) is 0 Å². The highest BCUT2D eigenvalue weighted by Crippen LogP contribution is 2.33. The molecule has 1 fully saturated rings. The number of nitrogens with one attached hydrogen (secondary N) is 1. The first-order valence-electron chi connectivity index (χ1n) is 6.69. The third-order valence-corrected chi connectivity index (χ3v) is 4.29. The summed E-state index contributed by atoms with van der Waals surface area (Å²) in [6.45, 7) is 0. The summed E-state index contributed by atoms with van der Waals surface area (Å²) in [5.74, 6) is -1.63. The second kappa shape index (κ2) is 6.64. The van der Waals surface area contributed by atoms with Gasteiger partial charge in [0.25, 0.3) is 0 Å². The van der Waals surface area contributed by atoms with Gasteiger partial charge in [0.05, 0.1) is 27.2 Å². The number of rotatable bonds is 3. The van der Waals surface area contributed by atoms with Gasteiger partial charge in [-0.25, -0.2) is 4.79 Å². The van der Waals surface area contributed by atoms with Crippen molar-refractivity contribution in [1.29, 1.82) is 0 Å². The Balaban J connectivity index is 2.19. The normalized spacial score (nSPS) is 21.9. The number of nitrogens with two attached hydrogens (primary N) is 1. The van der Waals surface area contributed by atoms with Gasteiger partial charge in [-0.1, -0.05) is 36.0 Å². The molecule has 4 N–H and O–H groups in total. The summed E-state index contributed by atoms with van der Waals surface area (Å²) in [5, 5.41) is 11.8. The first-order valence-corrected chi connectivity index (χ1v) is 7.44. The molecule has 21 heavy (non-hydrogen) atoms. The maximum absolute atomic E-state index is 12.3. The highest BCUT2D eigenvalue weighted by Gasteiger charge is 2.29. The number of hydrogen-bond donors (Lipinski definition) is 3. The van der Waals surface area contributed by atoms with E-state index in [2.05, 4.69) is 5.32 Å². The van der Waals surface area contributed by atoms with Crippen molar-refractivity contribution in [3.8, 4) is 0 Å². The Morgan fingerprint density at radius 2 is 1.76 bits per heavy atom. The van der Waals surface area contributed by atoms with Gasteiger partial charge >= 0.3 is 5.97 Å².